The number of hydrogen-bond acceptors (Lipinski definition) is 3. The first-order valence-electron chi connectivity index (χ1n) is 5.10. The molecule has 0 aliphatic heterocycles. The minimum absolute atomic E-state index is 0.266. The van der Waals surface area contributed by atoms with Crippen molar-refractivity contribution in [2.75, 3.05) is 7.05 Å². The monoisotopic (exact) mass is 295 g/mol. The quantitative estimate of drug-likeness (QED) is 0.946. The van der Waals surface area contributed by atoms with Crippen molar-refractivity contribution in [3.63, 3.8) is 0 Å². The summed E-state index contributed by atoms with van der Waals surface area (Å²) in [6.07, 6.45) is 4.81. The number of hydrogen-bond donors (Lipinski definition) is 1. The molecule has 1 atom stereocenters. The van der Waals surface area contributed by atoms with E-state index in [-0.39, 0.29) is 11.9 Å². The minimum Gasteiger partial charge on any atom is -0.308 e. The van der Waals surface area contributed by atoms with E-state index in [9.17, 15) is 4.39 Å². The van der Waals surface area contributed by atoms with Crippen LogP contribution in [0.5, 0.6) is 0 Å². The third-order valence-electron chi connectivity index (χ3n) is 2.44. The molecule has 0 radical (unpaired) electrons. The molecule has 88 valence electrons. The van der Waals surface area contributed by atoms with Gasteiger partial charge in [0.15, 0.2) is 0 Å². The van der Waals surface area contributed by atoms with Gasteiger partial charge in [0.1, 0.15) is 5.82 Å². The summed E-state index contributed by atoms with van der Waals surface area (Å²) in [6, 6.07) is 4.54. The fraction of sp³-hybridized carbons (Fsp3) is 0.167. The Bertz CT molecular complexity index is 504. The number of halogens is 2. The molecule has 1 unspecified atom stereocenters. The molecule has 0 aliphatic rings. The molecular formula is C12H11BrFN3. The predicted molar refractivity (Wildman–Crippen MR) is 67.0 cm³/mol. The second kappa shape index (κ2) is 5.33. The van der Waals surface area contributed by atoms with E-state index in [1.807, 2.05) is 0 Å². The first-order chi connectivity index (χ1) is 8.22. The van der Waals surface area contributed by atoms with Gasteiger partial charge >= 0.3 is 0 Å². The molecule has 17 heavy (non-hydrogen) atoms. The van der Waals surface area contributed by atoms with Gasteiger partial charge < -0.3 is 5.32 Å². The number of nitrogens with one attached hydrogen (secondary N) is 1. The van der Waals surface area contributed by atoms with Crippen LogP contribution < -0.4 is 5.32 Å². The second-order valence-electron chi connectivity index (χ2n) is 3.52. The van der Waals surface area contributed by atoms with E-state index in [1.165, 1.54) is 6.07 Å². The summed E-state index contributed by atoms with van der Waals surface area (Å²) < 4.78 is 14.6. The van der Waals surface area contributed by atoms with Crippen molar-refractivity contribution in [2.45, 2.75) is 6.04 Å². The molecular weight excluding hydrogens is 285 g/mol. The summed E-state index contributed by atoms with van der Waals surface area (Å²) in [7, 11) is 1.76. The van der Waals surface area contributed by atoms with Crippen LogP contribution in [0, 0.1) is 5.82 Å². The fourth-order valence-corrected chi connectivity index (χ4v) is 2.04. The maximum atomic E-state index is 13.8. The molecule has 1 aromatic heterocycles. The highest BCUT2D eigenvalue weighted by molar-refractivity contribution is 9.10. The van der Waals surface area contributed by atoms with E-state index in [0.717, 1.165) is 4.47 Å². The van der Waals surface area contributed by atoms with Crippen LogP contribution in [0.2, 0.25) is 0 Å². The summed E-state index contributed by atoms with van der Waals surface area (Å²) in [6.45, 7) is 0. The molecule has 1 N–H and O–H groups in total. The van der Waals surface area contributed by atoms with Crippen LogP contribution in [-0.4, -0.2) is 17.0 Å². The Kier molecular flexibility index (Phi) is 3.81. The molecule has 2 rings (SSSR count). The zero-order chi connectivity index (χ0) is 12.3. The van der Waals surface area contributed by atoms with Crippen molar-refractivity contribution < 1.29 is 4.39 Å². The molecule has 1 aromatic carbocycles. The van der Waals surface area contributed by atoms with E-state index < -0.39 is 0 Å². The highest BCUT2D eigenvalue weighted by atomic mass is 79.9. The van der Waals surface area contributed by atoms with Crippen molar-refractivity contribution >= 4 is 15.9 Å². The maximum absolute atomic E-state index is 13.8. The van der Waals surface area contributed by atoms with Crippen LogP contribution in [0.15, 0.2) is 41.3 Å². The highest BCUT2D eigenvalue weighted by Crippen LogP contribution is 2.25. The van der Waals surface area contributed by atoms with Crippen LogP contribution in [-0.2, 0) is 0 Å². The number of benzene rings is 1. The molecule has 0 saturated carbocycles. The van der Waals surface area contributed by atoms with E-state index in [4.69, 9.17) is 0 Å². The average molecular weight is 296 g/mol. The van der Waals surface area contributed by atoms with Gasteiger partial charge in [-0.25, -0.2) is 4.39 Å². The van der Waals surface area contributed by atoms with Crippen LogP contribution in [0.3, 0.4) is 0 Å². The lowest BCUT2D eigenvalue weighted by molar-refractivity contribution is 0.569. The Labute approximate surface area is 107 Å². The van der Waals surface area contributed by atoms with Crippen molar-refractivity contribution in [3.8, 4) is 0 Å². The molecule has 0 spiro atoms. The lowest BCUT2D eigenvalue weighted by Gasteiger charge is -2.16. The summed E-state index contributed by atoms with van der Waals surface area (Å²) in [4.78, 5) is 8.18. The van der Waals surface area contributed by atoms with Crippen molar-refractivity contribution in [3.05, 3.63) is 58.3 Å². The third kappa shape index (κ3) is 2.68. The van der Waals surface area contributed by atoms with Gasteiger partial charge in [-0.05, 0) is 25.2 Å². The molecule has 5 heteroatoms. The standard InChI is InChI=1S/C12H11BrFN3/c1-15-12(11-7-16-4-5-17-11)9-6-8(13)2-3-10(9)14/h2-7,12,15H,1H3. The van der Waals surface area contributed by atoms with Gasteiger partial charge in [0, 0.05) is 22.4 Å². The van der Waals surface area contributed by atoms with Gasteiger partial charge in [-0.3, -0.25) is 9.97 Å². The first kappa shape index (κ1) is 12.1. The second-order valence-corrected chi connectivity index (χ2v) is 4.43. The van der Waals surface area contributed by atoms with Crippen LogP contribution in [0.1, 0.15) is 17.3 Å². The summed E-state index contributed by atoms with van der Waals surface area (Å²) in [5.74, 6) is -0.266. The molecule has 2 aromatic rings. The third-order valence-corrected chi connectivity index (χ3v) is 2.93. The number of nitrogens with zero attached hydrogens (tertiary/aromatic N) is 2. The molecule has 3 nitrogen and oxygen atoms in total. The molecule has 1 heterocycles. The van der Waals surface area contributed by atoms with Gasteiger partial charge in [0.05, 0.1) is 17.9 Å². The molecule has 0 aliphatic carbocycles. The average Bonchev–Trinajstić information content (AvgIpc) is 2.36. The van der Waals surface area contributed by atoms with Gasteiger partial charge in [-0.2, -0.15) is 0 Å². The van der Waals surface area contributed by atoms with Crippen LogP contribution >= 0.6 is 15.9 Å². The first-order valence-corrected chi connectivity index (χ1v) is 5.90. The Hall–Kier alpha value is -1.33. The lowest BCUT2D eigenvalue weighted by atomic mass is 10.0. The Morgan fingerprint density at radius 1 is 1.35 bits per heavy atom. The van der Waals surface area contributed by atoms with Crippen molar-refractivity contribution in [1.29, 1.82) is 0 Å². The molecule has 0 amide bonds. The Morgan fingerprint density at radius 2 is 2.18 bits per heavy atom. The largest absolute Gasteiger partial charge is 0.308 e. The Morgan fingerprint density at radius 3 is 2.82 bits per heavy atom. The van der Waals surface area contributed by atoms with Crippen LogP contribution in [0.25, 0.3) is 0 Å². The highest BCUT2D eigenvalue weighted by Gasteiger charge is 2.17. The van der Waals surface area contributed by atoms with E-state index in [0.29, 0.717) is 11.3 Å². The number of rotatable bonds is 3. The normalized spacial score (nSPS) is 12.4. The van der Waals surface area contributed by atoms with Gasteiger partial charge in [0.2, 0.25) is 0 Å². The summed E-state index contributed by atoms with van der Waals surface area (Å²) >= 11 is 3.34. The Balaban J connectivity index is 2.46. The molecule has 0 fully saturated rings. The topological polar surface area (TPSA) is 37.8 Å². The summed E-state index contributed by atoms with van der Waals surface area (Å²) in [5.41, 5.74) is 1.23. The molecule has 0 bridgehead atoms. The zero-order valence-electron chi connectivity index (χ0n) is 9.19. The zero-order valence-corrected chi connectivity index (χ0v) is 10.8. The van der Waals surface area contributed by atoms with Gasteiger partial charge in [-0.1, -0.05) is 15.9 Å². The number of aromatic nitrogens is 2. The maximum Gasteiger partial charge on any atom is 0.128 e. The van der Waals surface area contributed by atoms with E-state index in [2.05, 4.69) is 31.2 Å². The van der Waals surface area contributed by atoms with Crippen LogP contribution in [0.4, 0.5) is 4.39 Å². The van der Waals surface area contributed by atoms with E-state index in [1.54, 1.807) is 37.8 Å². The van der Waals surface area contributed by atoms with Gasteiger partial charge in [0.25, 0.3) is 0 Å². The van der Waals surface area contributed by atoms with Gasteiger partial charge in [-0.15, -0.1) is 0 Å². The fourth-order valence-electron chi connectivity index (χ4n) is 1.66. The molecule has 0 saturated heterocycles. The van der Waals surface area contributed by atoms with E-state index >= 15 is 0 Å². The predicted octanol–water partition coefficient (Wildman–Crippen LogP) is 2.69. The minimum atomic E-state index is -0.304. The lowest BCUT2D eigenvalue weighted by Crippen LogP contribution is -2.20. The van der Waals surface area contributed by atoms with Crippen molar-refractivity contribution in [1.82, 2.24) is 15.3 Å². The van der Waals surface area contributed by atoms with Crippen molar-refractivity contribution in [2.24, 2.45) is 0 Å². The SMILES string of the molecule is CNC(c1cnccn1)c1cc(Br)ccc1F. The summed E-state index contributed by atoms with van der Waals surface area (Å²) in [5, 5.41) is 3.04. The smallest absolute Gasteiger partial charge is 0.128 e.